The van der Waals surface area contributed by atoms with Gasteiger partial charge in [0.25, 0.3) is 0 Å². The number of likely N-dealkylation sites (N-methyl/N-ethyl adjacent to an activating group) is 1. The maximum Gasteiger partial charge on any atom is 0.323 e. The first kappa shape index (κ1) is 14.7. The zero-order valence-electron chi connectivity index (χ0n) is 9.96. The van der Waals surface area contributed by atoms with Crippen molar-refractivity contribution in [1.29, 1.82) is 0 Å². The zero-order chi connectivity index (χ0) is 13.2. The standard InChI is InChI=1S/C11H15Br2NO3/c1-4-14(11(2,3)10(15)16)6-7-5-8(12)9(13)17-7/h5H,4,6H2,1-3H3,(H,15,16). The molecule has 1 aromatic heterocycles. The molecule has 0 unspecified atom stereocenters. The van der Waals surface area contributed by atoms with Gasteiger partial charge in [0.2, 0.25) is 0 Å². The molecule has 0 aliphatic carbocycles. The molecule has 0 bridgehead atoms. The Labute approximate surface area is 117 Å². The molecule has 0 radical (unpaired) electrons. The van der Waals surface area contributed by atoms with Gasteiger partial charge in [-0.15, -0.1) is 0 Å². The molecule has 1 N–H and O–H groups in total. The summed E-state index contributed by atoms with van der Waals surface area (Å²) < 4.78 is 6.91. The van der Waals surface area contributed by atoms with Gasteiger partial charge in [-0.05, 0) is 58.3 Å². The lowest BCUT2D eigenvalue weighted by molar-refractivity contribution is -0.149. The number of hydrogen-bond acceptors (Lipinski definition) is 3. The number of carboxylic acid groups (broad SMARTS) is 1. The Morgan fingerprint density at radius 2 is 2.12 bits per heavy atom. The quantitative estimate of drug-likeness (QED) is 0.864. The third-order valence-electron chi connectivity index (χ3n) is 2.74. The van der Waals surface area contributed by atoms with E-state index in [2.05, 4.69) is 31.9 Å². The Balaban J connectivity index is 2.87. The fourth-order valence-corrected chi connectivity index (χ4v) is 2.16. The third kappa shape index (κ3) is 3.33. The Bertz CT molecular complexity index is 395. The summed E-state index contributed by atoms with van der Waals surface area (Å²) in [6.45, 7) is 6.39. The summed E-state index contributed by atoms with van der Waals surface area (Å²) in [6, 6.07) is 1.84. The van der Waals surface area contributed by atoms with Crippen LogP contribution >= 0.6 is 31.9 Å². The number of halogens is 2. The number of rotatable bonds is 5. The van der Waals surface area contributed by atoms with Crippen LogP contribution in [0.2, 0.25) is 0 Å². The molecule has 0 aliphatic heterocycles. The van der Waals surface area contributed by atoms with Crippen molar-refractivity contribution < 1.29 is 14.3 Å². The van der Waals surface area contributed by atoms with E-state index in [1.54, 1.807) is 13.8 Å². The van der Waals surface area contributed by atoms with Crippen LogP contribution in [-0.2, 0) is 11.3 Å². The lowest BCUT2D eigenvalue weighted by Crippen LogP contribution is -2.49. The van der Waals surface area contributed by atoms with Crippen LogP contribution in [0.3, 0.4) is 0 Å². The third-order valence-corrected chi connectivity index (χ3v) is 4.45. The average molecular weight is 369 g/mol. The van der Waals surface area contributed by atoms with E-state index in [1.807, 2.05) is 17.9 Å². The lowest BCUT2D eigenvalue weighted by atomic mass is 10.0. The van der Waals surface area contributed by atoms with Gasteiger partial charge in [-0.2, -0.15) is 0 Å². The predicted octanol–water partition coefficient (Wildman–Crippen LogP) is 3.49. The maximum absolute atomic E-state index is 11.2. The highest BCUT2D eigenvalue weighted by atomic mass is 79.9. The molecule has 0 saturated heterocycles. The summed E-state index contributed by atoms with van der Waals surface area (Å²) in [5, 5.41) is 9.19. The summed E-state index contributed by atoms with van der Waals surface area (Å²) in [6.07, 6.45) is 0. The van der Waals surface area contributed by atoms with Crippen LogP contribution in [0.4, 0.5) is 0 Å². The van der Waals surface area contributed by atoms with E-state index in [9.17, 15) is 9.90 Å². The predicted molar refractivity (Wildman–Crippen MR) is 71.9 cm³/mol. The second kappa shape index (κ2) is 5.54. The van der Waals surface area contributed by atoms with Crippen molar-refractivity contribution >= 4 is 37.8 Å². The van der Waals surface area contributed by atoms with Crippen molar-refractivity contribution in [3.63, 3.8) is 0 Å². The number of furan rings is 1. The second-order valence-electron chi connectivity index (χ2n) is 4.21. The molecule has 17 heavy (non-hydrogen) atoms. The fourth-order valence-electron chi connectivity index (χ4n) is 1.50. The van der Waals surface area contributed by atoms with E-state index in [-0.39, 0.29) is 0 Å². The van der Waals surface area contributed by atoms with Crippen LogP contribution in [0.25, 0.3) is 0 Å². The molecule has 6 heteroatoms. The van der Waals surface area contributed by atoms with E-state index in [1.165, 1.54) is 0 Å². The Kier molecular flexibility index (Phi) is 4.80. The minimum absolute atomic E-state index is 0.458. The molecule has 4 nitrogen and oxygen atoms in total. The smallest absolute Gasteiger partial charge is 0.323 e. The van der Waals surface area contributed by atoms with Crippen LogP contribution < -0.4 is 0 Å². The first-order valence-corrected chi connectivity index (χ1v) is 6.79. The van der Waals surface area contributed by atoms with Crippen molar-refractivity contribution in [1.82, 2.24) is 4.90 Å². The van der Waals surface area contributed by atoms with E-state index in [0.717, 1.165) is 10.2 Å². The van der Waals surface area contributed by atoms with Gasteiger partial charge in [0, 0.05) is 0 Å². The molecule has 0 atom stereocenters. The van der Waals surface area contributed by atoms with E-state index >= 15 is 0 Å². The number of carbonyl (C=O) groups is 1. The minimum atomic E-state index is -0.916. The van der Waals surface area contributed by atoms with Crippen LogP contribution in [0.5, 0.6) is 0 Å². The van der Waals surface area contributed by atoms with Gasteiger partial charge in [-0.1, -0.05) is 6.92 Å². The molecule has 1 aromatic rings. The van der Waals surface area contributed by atoms with Crippen molar-refractivity contribution in [2.45, 2.75) is 32.9 Å². The highest BCUT2D eigenvalue weighted by molar-refractivity contribution is 9.13. The van der Waals surface area contributed by atoms with Crippen LogP contribution in [0.15, 0.2) is 19.6 Å². The summed E-state index contributed by atoms with van der Waals surface area (Å²) in [5.41, 5.74) is -0.916. The van der Waals surface area contributed by atoms with Gasteiger partial charge >= 0.3 is 5.97 Å². The topological polar surface area (TPSA) is 53.7 Å². The lowest BCUT2D eigenvalue weighted by Gasteiger charge is -2.33. The van der Waals surface area contributed by atoms with Gasteiger partial charge in [0.1, 0.15) is 11.3 Å². The molecule has 0 spiro atoms. The molecule has 1 rings (SSSR count). The van der Waals surface area contributed by atoms with E-state index in [4.69, 9.17) is 4.42 Å². The number of aliphatic carboxylic acids is 1. The Morgan fingerprint density at radius 1 is 1.53 bits per heavy atom. The molecule has 0 aromatic carbocycles. The largest absolute Gasteiger partial charge is 0.480 e. The normalized spacial score (nSPS) is 12.1. The average Bonchev–Trinajstić information content (AvgIpc) is 2.54. The van der Waals surface area contributed by atoms with Crippen molar-refractivity contribution in [2.75, 3.05) is 6.54 Å². The Morgan fingerprint density at radius 3 is 2.47 bits per heavy atom. The molecular formula is C11H15Br2NO3. The summed E-state index contributed by atoms with van der Waals surface area (Å²) in [4.78, 5) is 13.0. The summed E-state index contributed by atoms with van der Waals surface area (Å²) in [7, 11) is 0. The highest BCUT2D eigenvalue weighted by Gasteiger charge is 2.34. The first-order chi connectivity index (χ1) is 7.78. The second-order valence-corrected chi connectivity index (χ2v) is 5.79. The number of carboxylic acids is 1. The van der Waals surface area contributed by atoms with Crippen molar-refractivity contribution in [3.8, 4) is 0 Å². The first-order valence-electron chi connectivity index (χ1n) is 5.21. The van der Waals surface area contributed by atoms with Gasteiger partial charge in [0.15, 0.2) is 4.67 Å². The molecule has 0 amide bonds. The zero-order valence-corrected chi connectivity index (χ0v) is 13.1. The Hall–Kier alpha value is -0.330. The highest BCUT2D eigenvalue weighted by Crippen LogP contribution is 2.28. The van der Waals surface area contributed by atoms with Crippen LogP contribution in [0.1, 0.15) is 26.5 Å². The van der Waals surface area contributed by atoms with Crippen molar-refractivity contribution in [2.24, 2.45) is 0 Å². The van der Waals surface area contributed by atoms with E-state index < -0.39 is 11.5 Å². The van der Waals surface area contributed by atoms with Crippen LogP contribution in [-0.4, -0.2) is 28.1 Å². The fraction of sp³-hybridized carbons (Fsp3) is 0.545. The van der Waals surface area contributed by atoms with Crippen LogP contribution in [0, 0.1) is 0 Å². The molecule has 96 valence electrons. The summed E-state index contributed by atoms with van der Waals surface area (Å²) in [5.74, 6) is -0.121. The number of nitrogens with zero attached hydrogens (tertiary/aromatic N) is 1. The van der Waals surface area contributed by atoms with Gasteiger partial charge in [0.05, 0.1) is 11.0 Å². The minimum Gasteiger partial charge on any atom is -0.480 e. The molecule has 0 aliphatic rings. The molecule has 0 saturated carbocycles. The molecule has 0 fully saturated rings. The number of hydrogen-bond donors (Lipinski definition) is 1. The SMILES string of the molecule is CCN(Cc1cc(Br)c(Br)o1)C(C)(C)C(=O)O. The van der Waals surface area contributed by atoms with Gasteiger partial charge in [-0.3, -0.25) is 9.69 Å². The van der Waals surface area contributed by atoms with Gasteiger partial charge in [-0.25, -0.2) is 0 Å². The molecule has 1 heterocycles. The summed E-state index contributed by atoms with van der Waals surface area (Å²) >= 11 is 6.59. The van der Waals surface area contributed by atoms with Crippen molar-refractivity contribution in [3.05, 3.63) is 21.0 Å². The maximum atomic E-state index is 11.2. The van der Waals surface area contributed by atoms with Gasteiger partial charge < -0.3 is 9.52 Å². The molecular weight excluding hydrogens is 354 g/mol. The monoisotopic (exact) mass is 367 g/mol. The van der Waals surface area contributed by atoms with E-state index in [0.29, 0.717) is 17.8 Å².